The van der Waals surface area contributed by atoms with Crippen LogP contribution in [0.4, 0.5) is 4.39 Å². The normalized spacial score (nSPS) is 10.3. The van der Waals surface area contributed by atoms with Crippen LogP contribution in [0.5, 0.6) is 11.5 Å². The predicted molar refractivity (Wildman–Crippen MR) is 73.5 cm³/mol. The summed E-state index contributed by atoms with van der Waals surface area (Å²) < 4.78 is 24.0. The van der Waals surface area contributed by atoms with Crippen molar-refractivity contribution in [1.82, 2.24) is 0 Å². The van der Waals surface area contributed by atoms with E-state index < -0.39 is 0 Å². The lowest BCUT2D eigenvalue weighted by Crippen LogP contribution is -1.99. The van der Waals surface area contributed by atoms with E-state index in [-0.39, 0.29) is 5.82 Å². The SMILES string of the molecule is COc1ccc(Cl)cc1COc1ccc(F)c(C)c1. The van der Waals surface area contributed by atoms with Gasteiger partial charge in [0.1, 0.15) is 23.9 Å². The van der Waals surface area contributed by atoms with Crippen molar-refractivity contribution < 1.29 is 13.9 Å². The lowest BCUT2D eigenvalue weighted by molar-refractivity contribution is 0.296. The molecule has 2 rings (SSSR count). The van der Waals surface area contributed by atoms with Crippen LogP contribution >= 0.6 is 11.6 Å². The molecule has 4 heteroatoms. The zero-order valence-corrected chi connectivity index (χ0v) is 11.5. The van der Waals surface area contributed by atoms with Gasteiger partial charge in [-0.15, -0.1) is 0 Å². The fourth-order valence-corrected chi connectivity index (χ4v) is 1.92. The highest BCUT2D eigenvalue weighted by Gasteiger charge is 2.06. The second-order valence-electron chi connectivity index (χ2n) is 4.16. The minimum Gasteiger partial charge on any atom is -0.496 e. The number of aryl methyl sites for hydroxylation is 1. The largest absolute Gasteiger partial charge is 0.496 e. The first-order valence-electron chi connectivity index (χ1n) is 5.81. The number of rotatable bonds is 4. The summed E-state index contributed by atoms with van der Waals surface area (Å²) in [7, 11) is 1.59. The second kappa shape index (κ2) is 5.93. The van der Waals surface area contributed by atoms with E-state index in [2.05, 4.69) is 0 Å². The van der Waals surface area contributed by atoms with Gasteiger partial charge in [-0.25, -0.2) is 4.39 Å². The molecule has 0 amide bonds. The fraction of sp³-hybridized carbons (Fsp3) is 0.200. The van der Waals surface area contributed by atoms with Gasteiger partial charge < -0.3 is 9.47 Å². The average molecular weight is 281 g/mol. The Kier molecular flexibility index (Phi) is 4.27. The van der Waals surface area contributed by atoms with Gasteiger partial charge in [0, 0.05) is 10.6 Å². The van der Waals surface area contributed by atoms with Gasteiger partial charge in [0.2, 0.25) is 0 Å². The summed E-state index contributed by atoms with van der Waals surface area (Å²) in [6, 6.07) is 9.98. The van der Waals surface area contributed by atoms with Crippen LogP contribution < -0.4 is 9.47 Å². The van der Waals surface area contributed by atoms with Crippen molar-refractivity contribution in [3.63, 3.8) is 0 Å². The average Bonchev–Trinajstić information content (AvgIpc) is 2.40. The molecule has 0 bridgehead atoms. The molecule has 0 aliphatic rings. The fourth-order valence-electron chi connectivity index (χ4n) is 1.73. The summed E-state index contributed by atoms with van der Waals surface area (Å²) in [6.07, 6.45) is 0. The van der Waals surface area contributed by atoms with E-state index in [4.69, 9.17) is 21.1 Å². The molecule has 0 spiro atoms. The van der Waals surface area contributed by atoms with E-state index >= 15 is 0 Å². The summed E-state index contributed by atoms with van der Waals surface area (Å²) in [4.78, 5) is 0. The van der Waals surface area contributed by atoms with E-state index in [1.807, 2.05) is 0 Å². The number of halogens is 2. The molecule has 0 aromatic heterocycles. The van der Waals surface area contributed by atoms with Crippen LogP contribution in [0, 0.1) is 12.7 Å². The molecule has 0 N–H and O–H groups in total. The molecule has 0 fully saturated rings. The highest BCUT2D eigenvalue weighted by Crippen LogP contribution is 2.24. The molecule has 0 saturated heterocycles. The van der Waals surface area contributed by atoms with Crippen LogP contribution in [0.1, 0.15) is 11.1 Å². The van der Waals surface area contributed by atoms with Crippen LogP contribution in [0.25, 0.3) is 0 Å². The number of hydrogen-bond acceptors (Lipinski definition) is 2. The van der Waals surface area contributed by atoms with Gasteiger partial charge in [0.05, 0.1) is 7.11 Å². The highest BCUT2D eigenvalue weighted by molar-refractivity contribution is 6.30. The van der Waals surface area contributed by atoms with Crippen LogP contribution in [-0.4, -0.2) is 7.11 Å². The predicted octanol–water partition coefficient (Wildman–Crippen LogP) is 4.38. The van der Waals surface area contributed by atoms with E-state index in [0.717, 1.165) is 5.56 Å². The number of methoxy groups -OCH3 is 1. The Morgan fingerprint density at radius 1 is 1.16 bits per heavy atom. The van der Waals surface area contributed by atoms with Gasteiger partial charge in [-0.2, -0.15) is 0 Å². The van der Waals surface area contributed by atoms with Gasteiger partial charge in [0.15, 0.2) is 0 Å². The molecule has 0 saturated carbocycles. The lowest BCUT2D eigenvalue weighted by Gasteiger charge is -2.11. The summed E-state index contributed by atoms with van der Waals surface area (Å²) >= 11 is 5.94. The third kappa shape index (κ3) is 3.38. The second-order valence-corrected chi connectivity index (χ2v) is 4.59. The third-order valence-electron chi connectivity index (χ3n) is 2.77. The third-order valence-corrected chi connectivity index (χ3v) is 3.00. The van der Waals surface area contributed by atoms with Crippen LogP contribution in [0.2, 0.25) is 5.02 Å². The first-order chi connectivity index (χ1) is 9.10. The van der Waals surface area contributed by atoms with Gasteiger partial charge in [-0.1, -0.05) is 11.6 Å². The quantitative estimate of drug-likeness (QED) is 0.828. The first-order valence-corrected chi connectivity index (χ1v) is 6.19. The Morgan fingerprint density at radius 2 is 1.95 bits per heavy atom. The molecule has 0 heterocycles. The lowest BCUT2D eigenvalue weighted by atomic mass is 10.2. The van der Waals surface area contributed by atoms with Crippen LogP contribution in [0.3, 0.4) is 0 Å². The first kappa shape index (κ1) is 13.7. The Labute approximate surface area is 116 Å². The molecule has 0 radical (unpaired) electrons. The number of ether oxygens (including phenoxy) is 2. The topological polar surface area (TPSA) is 18.5 Å². The molecule has 0 aliphatic heterocycles. The maximum atomic E-state index is 13.1. The van der Waals surface area contributed by atoms with Crippen molar-refractivity contribution in [3.05, 3.63) is 58.4 Å². The van der Waals surface area contributed by atoms with Crippen LogP contribution in [-0.2, 0) is 6.61 Å². The van der Waals surface area contributed by atoms with Crippen molar-refractivity contribution in [1.29, 1.82) is 0 Å². The van der Waals surface area contributed by atoms with E-state index in [9.17, 15) is 4.39 Å². The molecular weight excluding hydrogens is 267 g/mol. The minimum absolute atomic E-state index is 0.243. The van der Waals surface area contributed by atoms with Gasteiger partial charge in [-0.05, 0) is 48.9 Å². The summed E-state index contributed by atoms with van der Waals surface area (Å²) in [6.45, 7) is 2.01. The Balaban J connectivity index is 2.13. The molecule has 0 atom stereocenters. The van der Waals surface area contributed by atoms with Gasteiger partial charge in [-0.3, -0.25) is 0 Å². The molecule has 2 aromatic carbocycles. The Bertz CT molecular complexity index is 584. The van der Waals surface area contributed by atoms with Crippen molar-refractivity contribution in [3.8, 4) is 11.5 Å². The van der Waals surface area contributed by atoms with Gasteiger partial charge in [0.25, 0.3) is 0 Å². The highest BCUT2D eigenvalue weighted by atomic mass is 35.5. The molecule has 19 heavy (non-hydrogen) atoms. The van der Waals surface area contributed by atoms with Crippen molar-refractivity contribution >= 4 is 11.6 Å². The van der Waals surface area contributed by atoms with E-state index in [1.165, 1.54) is 6.07 Å². The summed E-state index contributed by atoms with van der Waals surface area (Å²) in [5, 5.41) is 0.620. The molecule has 100 valence electrons. The van der Waals surface area contributed by atoms with Crippen molar-refractivity contribution in [2.24, 2.45) is 0 Å². The number of benzene rings is 2. The summed E-state index contributed by atoms with van der Waals surface area (Å²) in [5.41, 5.74) is 1.40. The molecule has 0 unspecified atom stereocenters. The maximum Gasteiger partial charge on any atom is 0.126 e. The Hall–Kier alpha value is -1.74. The Morgan fingerprint density at radius 3 is 2.63 bits per heavy atom. The molecule has 2 nitrogen and oxygen atoms in total. The zero-order chi connectivity index (χ0) is 13.8. The monoisotopic (exact) mass is 280 g/mol. The summed E-state index contributed by atoms with van der Waals surface area (Å²) in [5.74, 6) is 1.08. The molecular formula is C15H14ClFO2. The molecule has 0 aliphatic carbocycles. The van der Waals surface area contributed by atoms with Crippen molar-refractivity contribution in [2.45, 2.75) is 13.5 Å². The standard InChI is InChI=1S/C15H14ClFO2/c1-10-7-13(4-5-14(10)17)19-9-11-8-12(16)3-6-15(11)18-2/h3-8H,9H2,1-2H3. The molecule has 2 aromatic rings. The minimum atomic E-state index is -0.243. The van der Waals surface area contributed by atoms with Crippen molar-refractivity contribution in [2.75, 3.05) is 7.11 Å². The smallest absolute Gasteiger partial charge is 0.126 e. The van der Waals surface area contributed by atoms with Gasteiger partial charge >= 0.3 is 0 Å². The van der Waals surface area contributed by atoms with Crippen LogP contribution in [0.15, 0.2) is 36.4 Å². The zero-order valence-electron chi connectivity index (χ0n) is 10.7. The number of hydrogen-bond donors (Lipinski definition) is 0. The maximum absolute atomic E-state index is 13.1. The van der Waals surface area contributed by atoms with E-state index in [0.29, 0.717) is 28.7 Å². The van der Waals surface area contributed by atoms with E-state index in [1.54, 1.807) is 44.4 Å².